The average molecular weight is 664 g/mol. The Balaban J connectivity index is -0.0000000625. The summed E-state index contributed by atoms with van der Waals surface area (Å²) in [6.07, 6.45) is -2.86. The van der Waals surface area contributed by atoms with Gasteiger partial charge in [0.05, 0.1) is 0 Å². The molecule has 0 bridgehead atoms. The van der Waals surface area contributed by atoms with E-state index in [1.807, 2.05) is 0 Å². The van der Waals surface area contributed by atoms with Crippen LogP contribution in [0.1, 0.15) is 23.7 Å². The molecular weight excluding hydrogens is 641 g/mol. The van der Waals surface area contributed by atoms with E-state index in [0.29, 0.717) is 22.5 Å². The number of aliphatic hydroxyl groups excluding tert-OH is 2. The summed E-state index contributed by atoms with van der Waals surface area (Å²) in [6.45, 7) is 0. The minimum absolute atomic E-state index is 0. The Morgan fingerprint density at radius 2 is 0.769 bits per heavy atom. The van der Waals surface area contributed by atoms with Crippen molar-refractivity contribution < 1.29 is 108 Å². The topological polar surface area (TPSA) is 227 Å². The van der Waals surface area contributed by atoms with Crippen LogP contribution < -0.4 is 0 Å². The molecule has 0 aromatic heterocycles. The minimum Gasteiger partial charge on any atom is -0.699 e. The summed E-state index contributed by atoms with van der Waals surface area (Å²) >= 11 is 0. The van der Waals surface area contributed by atoms with Crippen LogP contribution in [0.3, 0.4) is 0 Å². The van der Waals surface area contributed by atoms with Gasteiger partial charge in [-0.2, -0.15) is 0 Å². The van der Waals surface area contributed by atoms with Crippen LogP contribution in [0.25, 0.3) is 23.8 Å². The van der Waals surface area contributed by atoms with Crippen LogP contribution in [-0.4, -0.2) is 25.9 Å². The van der Waals surface area contributed by atoms with Gasteiger partial charge in [0.15, 0.2) is 12.6 Å². The summed E-state index contributed by atoms with van der Waals surface area (Å²) in [5, 5.41) is 34.4. The number of nitrogens with one attached hydrogen (secondary N) is 2. The molecule has 0 saturated carbocycles. The van der Waals surface area contributed by atoms with Crippen LogP contribution in [-0.2, 0) is 81.9 Å². The maximum Gasteiger partial charge on any atom is 2.00 e. The average Bonchev–Trinajstić information content (AvgIpc) is 2.40. The van der Waals surface area contributed by atoms with E-state index in [-0.39, 0.29) is 99.7 Å². The molecule has 2 rings (SSSR count). The van der Waals surface area contributed by atoms with E-state index in [4.69, 9.17) is 31.9 Å². The summed E-state index contributed by atoms with van der Waals surface area (Å²) in [5.41, 5.74) is 15.7. The molecule has 0 amide bonds. The van der Waals surface area contributed by atoms with Crippen LogP contribution in [0.5, 0.6) is 0 Å². The van der Waals surface area contributed by atoms with Gasteiger partial charge in [-0.25, -0.2) is 0 Å². The van der Waals surface area contributed by atoms with Crippen molar-refractivity contribution in [2.75, 3.05) is 0 Å². The van der Waals surface area contributed by atoms with Gasteiger partial charge in [0.1, 0.15) is 0 Å². The van der Waals surface area contributed by atoms with Crippen molar-refractivity contribution in [2.24, 2.45) is 0 Å². The fourth-order valence-electron chi connectivity index (χ4n) is 1.31. The first-order chi connectivity index (χ1) is 9.40. The first-order valence-corrected chi connectivity index (χ1v) is 5.75. The molecule has 12 N–H and O–H groups in total. The van der Waals surface area contributed by atoms with E-state index in [2.05, 4.69) is 0 Å². The molecule has 0 unspecified atom stereocenters. The molecule has 0 heterocycles. The Bertz CT molecular complexity index is 482. The van der Waals surface area contributed by atoms with Crippen molar-refractivity contribution in [3.63, 3.8) is 0 Å². The molecule has 0 fully saturated rings. The Labute approximate surface area is 213 Å². The van der Waals surface area contributed by atoms with E-state index in [9.17, 15) is 0 Å². The molecule has 9 nitrogen and oxygen atoms in total. The van der Waals surface area contributed by atoms with Crippen LogP contribution in [0.4, 0.5) is 11.4 Å². The van der Waals surface area contributed by atoms with E-state index in [1.165, 1.54) is 48.5 Å². The zero-order valence-electron chi connectivity index (χ0n) is 14.3. The largest absolute Gasteiger partial charge is 2.00 e. The molecule has 26 heavy (non-hydrogen) atoms. The molecule has 0 atom stereocenters. The van der Waals surface area contributed by atoms with Crippen LogP contribution >= 0.6 is 0 Å². The van der Waals surface area contributed by atoms with Gasteiger partial charge < -0.3 is 49.7 Å². The van der Waals surface area contributed by atoms with E-state index < -0.39 is 12.6 Å². The van der Waals surface area contributed by atoms with Gasteiger partial charge in [-0.1, -0.05) is 48.5 Å². The zero-order valence-corrected chi connectivity index (χ0v) is 26.4. The van der Waals surface area contributed by atoms with Gasteiger partial charge in [0.2, 0.25) is 0 Å². The molecule has 0 aliphatic rings. The second-order valence-corrected chi connectivity index (χ2v) is 3.99. The summed E-state index contributed by atoms with van der Waals surface area (Å²) in [6, 6.07) is 12.1. The van der Waals surface area contributed by atoms with E-state index in [1.54, 1.807) is 0 Å². The first-order valence-electron chi connectivity index (χ1n) is 5.75. The van der Waals surface area contributed by atoms with Crippen molar-refractivity contribution in [3.8, 4) is 0 Å². The van der Waals surface area contributed by atoms with Gasteiger partial charge in [0, 0.05) is 65.7 Å². The second kappa shape index (κ2) is 21.8. The molecule has 2 aromatic rings. The summed E-state index contributed by atoms with van der Waals surface area (Å²) < 4.78 is 0. The van der Waals surface area contributed by atoms with Crippen molar-refractivity contribution in [1.82, 2.24) is 0 Å². The Morgan fingerprint density at radius 1 is 0.577 bits per heavy atom. The van der Waals surface area contributed by atoms with Gasteiger partial charge in [0.25, 0.3) is 0 Å². The van der Waals surface area contributed by atoms with E-state index >= 15 is 0 Å². The standard InChI is InChI=1S/2C7H8NO2.3Cd.2H2N.H2O/c2*8-6-3-1-5(2-4-6)7(9)10;;;;;;/h2*1-4,7-10H;;;;3*1H2/q2*-1;;;+2;2*-1;. The predicted octanol–water partition coefficient (Wildman–Crippen LogP) is 3.31. The number of hydrogen-bond acceptors (Lipinski definition) is 4. The SMILES string of the molecule is O.[Cd+2].[Cd].[Cd].[NH-]c1ccc(C(O)O)cc1.[NH-]c1ccc(C(O)O)cc1.[NH2-].[NH2-]. The van der Waals surface area contributed by atoms with Gasteiger partial charge in [-0.05, 0) is 0 Å². The maximum absolute atomic E-state index is 8.61. The second-order valence-electron chi connectivity index (χ2n) is 3.99. The molecule has 2 aromatic carbocycles. The number of aliphatic hydroxyl groups is 4. The normalized spacial score (nSPS) is 7.92. The molecule has 0 saturated heterocycles. The molecule has 136 valence electrons. The third-order valence-corrected chi connectivity index (χ3v) is 2.42. The van der Waals surface area contributed by atoms with Gasteiger partial charge in [-0.3, -0.25) is 0 Å². The quantitative estimate of drug-likeness (QED) is 0.280. The maximum atomic E-state index is 8.61. The van der Waals surface area contributed by atoms with Crippen molar-refractivity contribution in [1.29, 1.82) is 0 Å². The number of nitrogens with two attached hydrogens (primary N) is 2. The zero-order chi connectivity index (χ0) is 15.1. The van der Waals surface area contributed by atoms with Crippen LogP contribution in [0.2, 0.25) is 0 Å². The smallest absolute Gasteiger partial charge is 0.699 e. The molecular formula is C14H22Cd3N4O5-2. The Kier molecular flexibility index (Phi) is 34.4. The third-order valence-electron chi connectivity index (χ3n) is 2.42. The monoisotopic (exact) mass is 668 g/mol. The summed E-state index contributed by atoms with van der Waals surface area (Å²) in [5.74, 6) is 0. The minimum atomic E-state index is -1.43. The number of hydrogen-bond donors (Lipinski definition) is 4. The Hall–Kier alpha value is 0.526. The van der Waals surface area contributed by atoms with Crippen LogP contribution in [0.15, 0.2) is 48.5 Å². The fraction of sp³-hybridized carbons (Fsp3) is 0.143. The first kappa shape index (κ1) is 41.0. The summed E-state index contributed by atoms with van der Waals surface area (Å²) in [7, 11) is 0. The molecule has 0 radical (unpaired) electrons. The molecule has 12 heteroatoms. The number of benzene rings is 2. The van der Waals surface area contributed by atoms with Crippen LogP contribution in [0, 0.1) is 0 Å². The molecule has 0 aliphatic carbocycles. The van der Waals surface area contributed by atoms with Crippen molar-refractivity contribution >= 4 is 11.4 Å². The van der Waals surface area contributed by atoms with Crippen molar-refractivity contribution in [3.05, 3.63) is 83.4 Å². The van der Waals surface area contributed by atoms with Gasteiger partial charge in [-0.15, -0.1) is 11.4 Å². The Morgan fingerprint density at radius 3 is 0.923 bits per heavy atom. The van der Waals surface area contributed by atoms with Crippen molar-refractivity contribution in [2.45, 2.75) is 12.6 Å². The molecule has 0 aliphatic heterocycles. The fourth-order valence-corrected chi connectivity index (χ4v) is 1.31. The van der Waals surface area contributed by atoms with E-state index in [0.717, 1.165) is 0 Å². The third kappa shape index (κ3) is 16.7. The van der Waals surface area contributed by atoms with Gasteiger partial charge >= 0.3 is 27.3 Å². The molecule has 0 spiro atoms. The number of rotatable bonds is 2. The predicted molar refractivity (Wildman–Crippen MR) is 89.4 cm³/mol. The summed E-state index contributed by atoms with van der Waals surface area (Å²) in [4.78, 5) is 0.